The van der Waals surface area contributed by atoms with Crippen LogP contribution in [-0.2, 0) is 0 Å². The number of anilines is 2. The van der Waals surface area contributed by atoms with Gasteiger partial charge in [-0.15, -0.1) is 11.3 Å². The largest absolute Gasteiger partial charge is 0.355 e. The Morgan fingerprint density at radius 3 is 1.85 bits per heavy atom. The SMILES string of the molecule is B1c2ccccc2-n2c3ccccc3c3c(-n4c5ccccc5c5ccccc54)cc(-c4cc5sc6ccccc6c5cc4Nc4ccccc4)c1c32. The van der Waals surface area contributed by atoms with E-state index in [1.807, 2.05) is 11.3 Å². The van der Waals surface area contributed by atoms with Crippen molar-refractivity contribution in [1.82, 2.24) is 9.13 Å². The fraction of sp³-hybridized carbons (Fsp3) is 0. The lowest BCUT2D eigenvalue weighted by molar-refractivity contribution is 1.18. The third-order valence-corrected chi connectivity index (χ3v) is 12.4. The summed E-state index contributed by atoms with van der Waals surface area (Å²) in [6, 6.07) is 62.4. The topological polar surface area (TPSA) is 21.9 Å². The number of para-hydroxylation sites is 5. The summed E-state index contributed by atoms with van der Waals surface area (Å²) in [6.07, 6.45) is 0. The van der Waals surface area contributed by atoms with Gasteiger partial charge in [0.2, 0.25) is 0 Å². The number of thiophene rings is 1. The second-order valence-electron chi connectivity index (χ2n) is 14.2. The van der Waals surface area contributed by atoms with Crippen molar-refractivity contribution in [2.24, 2.45) is 0 Å². The van der Waals surface area contributed by atoms with E-state index >= 15 is 0 Å². The van der Waals surface area contributed by atoms with Crippen molar-refractivity contribution < 1.29 is 0 Å². The van der Waals surface area contributed by atoms with Crippen LogP contribution >= 0.6 is 11.3 Å². The number of hydrogen-bond donors (Lipinski definition) is 1. The second-order valence-corrected chi connectivity index (χ2v) is 15.2. The molecule has 0 spiro atoms. The highest BCUT2D eigenvalue weighted by atomic mass is 32.1. The molecule has 1 N–H and O–H groups in total. The van der Waals surface area contributed by atoms with Crippen molar-refractivity contribution in [3.8, 4) is 22.5 Å². The highest BCUT2D eigenvalue weighted by molar-refractivity contribution is 7.25. The van der Waals surface area contributed by atoms with Gasteiger partial charge in [0, 0.05) is 64.3 Å². The van der Waals surface area contributed by atoms with Crippen LogP contribution in [0, 0.1) is 0 Å². The van der Waals surface area contributed by atoms with Crippen LogP contribution in [0.25, 0.3) is 86.3 Å². The zero-order valence-corrected chi connectivity index (χ0v) is 29.5. The molecule has 0 bridgehead atoms. The van der Waals surface area contributed by atoms with Crippen LogP contribution in [0.4, 0.5) is 11.4 Å². The van der Waals surface area contributed by atoms with E-state index in [-0.39, 0.29) is 0 Å². The minimum absolute atomic E-state index is 0.848. The predicted molar refractivity (Wildman–Crippen MR) is 230 cm³/mol. The summed E-state index contributed by atoms with van der Waals surface area (Å²) < 4.78 is 7.67. The molecule has 1 aliphatic rings. The van der Waals surface area contributed by atoms with Crippen molar-refractivity contribution in [2.45, 2.75) is 0 Å². The third kappa shape index (κ3) is 4.11. The number of nitrogens with one attached hydrogen (secondary N) is 1. The maximum Gasteiger partial charge on any atom is 0.198 e. The lowest BCUT2D eigenvalue weighted by Gasteiger charge is -2.25. The summed E-state index contributed by atoms with van der Waals surface area (Å²) in [5.41, 5.74) is 14.8. The van der Waals surface area contributed by atoms with Crippen molar-refractivity contribution >= 4 is 105 Å². The fourth-order valence-electron chi connectivity index (χ4n) is 9.08. The minimum Gasteiger partial charge on any atom is -0.355 e. The van der Waals surface area contributed by atoms with Crippen LogP contribution in [0.15, 0.2) is 170 Å². The molecule has 4 heterocycles. The third-order valence-electron chi connectivity index (χ3n) is 11.3. The molecule has 0 fully saturated rings. The Bertz CT molecular complexity index is 3240. The Kier molecular flexibility index (Phi) is 6.02. The molecule has 8 aromatic carbocycles. The molecule has 0 saturated carbocycles. The van der Waals surface area contributed by atoms with Crippen molar-refractivity contribution in [2.75, 3.05) is 5.32 Å². The number of hydrogen-bond acceptors (Lipinski definition) is 2. The van der Waals surface area contributed by atoms with Crippen molar-refractivity contribution in [3.05, 3.63) is 170 Å². The van der Waals surface area contributed by atoms with Crippen LogP contribution in [-0.4, -0.2) is 16.4 Å². The molecule has 53 heavy (non-hydrogen) atoms. The van der Waals surface area contributed by atoms with Crippen molar-refractivity contribution in [1.29, 1.82) is 0 Å². The second kappa shape index (κ2) is 11.0. The standard InChI is InChI=1S/C48H30BN3S/c1-2-14-29(15-3-1)50-38-26-35-32-18-7-13-25-44(32)53-45(35)28-34(38)36-27-43(51-39-21-9-4-16-30(39)31-17-5-10-22-40(31)51)46-33-19-6-11-23-41(33)52-42-24-12-8-20-37(42)49-47(36)48(46)52/h1-28,49-50H. The quantitative estimate of drug-likeness (QED) is 0.182. The Morgan fingerprint density at radius 2 is 1.08 bits per heavy atom. The number of nitrogens with zero attached hydrogens (tertiary/aromatic N) is 2. The molecule has 0 amide bonds. The molecule has 246 valence electrons. The van der Waals surface area contributed by atoms with Gasteiger partial charge in [-0.1, -0.05) is 115 Å². The summed E-state index contributed by atoms with van der Waals surface area (Å²) in [7, 11) is 0.848. The first-order valence-corrected chi connectivity index (χ1v) is 19.1. The first-order chi connectivity index (χ1) is 26.3. The zero-order valence-electron chi connectivity index (χ0n) is 28.7. The van der Waals surface area contributed by atoms with Gasteiger partial charge in [-0.3, -0.25) is 0 Å². The van der Waals surface area contributed by atoms with E-state index in [1.165, 1.54) is 97.2 Å². The van der Waals surface area contributed by atoms with E-state index in [9.17, 15) is 0 Å². The van der Waals surface area contributed by atoms with Gasteiger partial charge >= 0.3 is 0 Å². The molecule has 0 atom stereocenters. The molecule has 3 nitrogen and oxygen atoms in total. The molecule has 1 aliphatic heterocycles. The first-order valence-electron chi connectivity index (χ1n) is 18.2. The average molecular weight is 692 g/mol. The molecule has 0 radical (unpaired) electrons. The molecule has 0 aliphatic carbocycles. The highest BCUT2D eigenvalue weighted by Crippen LogP contribution is 2.45. The van der Waals surface area contributed by atoms with Gasteiger partial charge in [0.15, 0.2) is 7.28 Å². The maximum atomic E-state index is 3.90. The summed E-state index contributed by atoms with van der Waals surface area (Å²) >= 11 is 1.88. The summed E-state index contributed by atoms with van der Waals surface area (Å²) in [5.74, 6) is 0. The summed E-state index contributed by atoms with van der Waals surface area (Å²) in [4.78, 5) is 0. The summed E-state index contributed by atoms with van der Waals surface area (Å²) in [5, 5.41) is 11.6. The van der Waals surface area contributed by atoms with Crippen LogP contribution in [0.2, 0.25) is 0 Å². The van der Waals surface area contributed by atoms with Crippen LogP contribution < -0.4 is 16.2 Å². The van der Waals surface area contributed by atoms with E-state index < -0.39 is 0 Å². The van der Waals surface area contributed by atoms with Gasteiger partial charge in [-0.05, 0) is 71.7 Å². The molecular weight excluding hydrogens is 661 g/mol. The first kappa shape index (κ1) is 29.1. The molecule has 3 aromatic heterocycles. The highest BCUT2D eigenvalue weighted by Gasteiger charge is 2.30. The monoisotopic (exact) mass is 691 g/mol. The number of rotatable bonds is 4. The zero-order chi connectivity index (χ0) is 34.6. The fourth-order valence-corrected chi connectivity index (χ4v) is 10.2. The normalized spacial score (nSPS) is 12.3. The average Bonchev–Trinajstić information content (AvgIpc) is 3.87. The van der Waals surface area contributed by atoms with Gasteiger partial charge in [-0.25, -0.2) is 0 Å². The van der Waals surface area contributed by atoms with Gasteiger partial charge in [-0.2, -0.15) is 0 Å². The minimum atomic E-state index is 0.848. The molecular formula is C48H30BN3S. The van der Waals surface area contributed by atoms with Gasteiger partial charge in [0.1, 0.15) is 0 Å². The van der Waals surface area contributed by atoms with Crippen LogP contribution in [0.5, 0.6) is 0 Å². The number of aromatic nitrogens is 2. The van der Waals surface area contributed by atoms with Crippen LogP contribution in [0.1, 0.15) is 0 Å². The van der Waals surface area contributed by atoms with Gasteiger partial charge in [0.25, 0.3) is 0 Å². The van der Waals surface area contributed by atoms with E-state index in [1.54, 1.807) is 0 Å². The lowest BCUT2D eigenvalue weighted by atomic mass is 9.59. The van der Waals surface area contributed by atoms with Crippen LogP contribution in [0.3, 0.4) is 0 Å². The van der Waals surface area contributed by atoms with Crippen molar-refractivity contribution in [3.63, 3.8) is 0 Å². The smallest absolute Gasteiger partial charge is 0.198 e. The number of fused-ring (bicyclic) bond motifs is 11. The van der Waals surface area contributed by atoms with Gasteiger partial charge in [0.05, 0.1) is 27.8 Å². The van der Waals surface area contributed by atoms with E-state index in [4.69, 9.17) is 0 Å². The Morgan fingerprint density at radius 1 is 0.453 bits per heavy atom. The number of benzene rings is 8. The molecule has 0 saturated heterocycles. The lowest BCUT2D eigenvalue weighted by Crippen LogP contribution is -2.37. The Balaban J connectivity index is 1.28. The maximum absolute atomic E-state index is 3.90. The van der Waals surface area contributed by atoms with Gasteiger partial charge < -0.3 is 14.5 Å². The van der Waals surface area contributed by atoms with E-state index in [0.717, 1.165) is 18.7 Å². The molecule has 5 heteroatoms. The predicted octanol–water partition coefficient (Wildman–Crippen LogP) is 11.4. The molecule has 11 aromatic rings. The Hall–Kier alpha value is -6.56. The molecule has 12 rings (SSSR count). The molecule has 0 unspecified atom stereocenters. The van der Waals surface area contributed by atoms with E-state index in [2.05, 4.69) is 184 Å². The summed E-state index contributed by atoms with van der Waals surface area (Å²) in [6.45, 7) is 0. The van der Waals surface area contributed by atoms with E-state index in [0.29, 0.717) is 0 Å². The Labute approximate surface area is 310 Å².